The Bertz CT molecular complexity index is 2200. The summed E-state index contributed by atoms with van der Waals surface area (Å²) >= 11 is 1.98. The number of rotatable bonds is 4. The molecule has 0 fully saturated rings. The lowest BCUT2D eigenvalue weighted by Gasteiger charge is -2.21. The molecule has 5 aromatic carbocycles. The molecule has 0 spiro atoms. The van der Waals surface area contributed by atoms with Crippen molar-refractivity contribution in [2.75, 3.05) is 0 Å². The number of benzene rings is 5. The summed E-state index contributed by atoms with van der Waals surface area (Å²) in [4.78, 5) is 6.13. The van der Waals surface area contributed by atoms with Crippen LogP contribution >= 0.6 is 11.8 Å². The van der Waals surface area contributed by atoms with Crippen LogP contribution < -0.4 is 5.32 Å². The van der Waals surface area contributed by atoms with Crippen molar-refractivity contribution in [1.82, 2.24) is 9.88 Å². The van der Waals surface area contributed by atoms with E-state index >= 15 is 0 Å². The van der Waals surface area contributed by atoms with E-state index in [1.165, 1.54) is 49.0 Å². The van der Waals surface area contributed by atoms with Crippen molar-refractivity contribution in [1.29, 1.82) is 0 Å². The maximum atomic E-state index is 4.72. The van der Waals surface area contributed by atoms with Gasteiger partial charge < -0.3 is 9.88 Å². The second kappa shape index (κ2) is 10.3. The smallest absolute Gasteiger partial charge is 0.133 e. The largest absolute Gasteiger partial charge is 0.359 e. The van der Waals surface area contributed by atoms with Crippen molar-refractivity contribution in [3.63, 3.8) is 0 Å². The van der Waals surface area contributed by atoms with Gasteiger partial charge in [0.05, 0.1) is 17.1 Å². The number of hydrogen-bond acceptors (Lipinski definition) is 3. The minimum absolute atomic E-state index is 0.0910. The molecule has 3 heterocycles. The Balaban J connectivity index is 1.12. The highest BCUT2D eigenvalue weighted by Crippen LogP contribution is 2.49. The average Bonchev–Trinajstić information content (AvgIpc) is 3.64. The van der Waals surface area contributed by atoms with Gasteiger partial charge in [0.2, 0.25) is 0 Å². The molecule has 44 heavy (non-hydrogen) atoms. The van der Waals surface area contributed by atoms with E-state index in [2.05, 4.69) is 156 Å². The molecular weight excluding hydrogens is 555 g/mol. The number of thioether (sulfide) groups is 1. The van der Waals surface area contributed by atoms with E-state index < -0.39 is 0 Å². The summed E-state index contributed by atoms with van der Waals surface area (Å²) < 4.78 is 2.38. The molecule has 2 aliphatic heterocycles. The highest BCUT2D eigenvalue weighted by molar-refractivity contribution is 8.00. The zero-order valence-electron chi connectivity index (χ0n) is 24.0. The van der Waals surface area contributed by atoms with Gasteiger partial charge in [0.15, 0.2) is 0 Å². The Morgan fingerprint density at radius 2 is 1.45 bits per heavy atom. The molecule has 3 nitrogen and oxygen atoms in total. The topological polar surface area (TPSA) is 29.3 Å². The van der Waals surface area contributed by atoms with E-state index in [0.717, 1.165) is 17.1 Å². The summed E-state index contributed by atoms with van der Waals surface area (Å²) in [7, 11) is 0. The lowest BCUT2D eigenvalue weighted by molar-refractivity contribution is 0.776. The molecule has 0 saturated heterocycles. The van der Waals surface area contributed by atoms with E-state index in [4.69, 9.17) is 4.99 Å². The Kier molecular flexibility index (Phi) is 5.95. The van der Waals surface area contributed by atoms with Crippen molar-refractivity contribution >= 4 is 39.4 Å². The van der Waals surface area contributed by atoms with Gasteiger partial charge in [-0.3, -0.25) is 0 Å². The van der Waals surface area contributed by atoms with Crippen molar-refractivity contribution < 1.29 is 0 Å². The predicted octanol–water partition coefficient (Wildman–Crippen LogP) is 9.74. The summed E-state index contributed by atoms with van der Waals surface area (Å²) in [5.74, 6) is 1.34. The highest BCUT2D eigenvalue weighted by atomic mass is 32.2. The average molecular weight is 584 g/mol. The van der Waals surface area contributed by atoms with Gasteiger partial charge in [-0.05, 0) is 70.8 Å². The van der Waals surface area contributed by atoms with Crippen molar-refractivity contribution in [2.45, 2.75) is 22.1 Å². The van der Waals surface area contributed by atoms with Gasteiger partial charge in [0.1, 0.15) is 5.84 Å². The molecule has 1 aromatic heterocycles. The van der Waals surface area contributed by atoms with E-state index in [9.17, 15) is 0 Å². The number of hydrogen-bond donors (Lipinski definition) is 1. The summed E-state index contributed by atoms with van der Waals surface area (Å²) in [5.41, 5.74) is 9.78. The van der Waals surface area contributed by atoms with Crippen LogP contribution in [0.3, 0.4) is 0 Å². The molecule has 3 atom stereocenters. The molecule has 1 N–H and O–H groups in total. The third-order valence-corrected chi connectivity index (χ3v) is 10.4. The summed E-state index contributed by atoms with van der Waals surface area (Å²) in [6.45, 7) is 0. The number of amidine groups is 1. The number of nitrogens with zero attached hydrogens (tertiary/aromatic N) is 2. The lowest BCUT2D eigenvalue weighted by atomic mass is 9.90. The molecule has 0 amide bonds. The van der Waals surface area contributed by atoms with Crippen LogP contribution in [-0.2, 0) is 0 Å². The van der Waals surface area contributed by atoms with E-state index in [1.807, 2.05) is 18.0 Å². The second-order valence-corrected chi connectivity index (χ2v) is 12.8. The molecular formula is C40H29N3S. The van der Waals surface area contributed by atoms with Gasteiger partial charge in [0.25, 0.3) is 0 Å². The number of para-hydroxylation sites is 1. The maximum Gasteiger partial charge on any atom is 0.133 e. The minimum atomic E-state index is 0.0910. The van der Waals surface area contributed by atoms with Crippen molar-refractivity contribution in [2.24, 2.45) is 4.99 Å². The number of allylic oxidation sites excluding steroid dienone is 3. The van der Waals surface area contributed by atoms with Crippen LogP contribution in [-0.4, -0.2) is 15.7 Å². The molecule has 9 rings (SSSR count). The molecule has 210 valence electrons. The summed E-state index contributed by atoms with van der Waals surface area (Å²) in [5, 5.41) is 6.67. The molecule has 0 bridgehead atoms. The van der Waals surface area contributed by atoms with E-state index in [1.54, 1.807) is 0 Å². The van der Waals surface area contributed by atoms with Crippen LogP contribution in [0.2, 0.25) is 0 Å². The lowest BCUT2D eigenvalue weighted by Crippen LogP contribution is -2.30. The Morgan fingerprint density at radius 3 is 2.41 bits per heavy atom. The van der Waals surface area contributed by atoms with Gasteiger partial charge in [-0.2, -0.15) is 0 Å². The molecule has 1 aliphatic carbocycles. The first-order chi connectivity index (χ1) is 21.8. The highest BCUT2D eigenvalue weighted by Gasteiger charge is 2.31. The van der Waals surface area contributed by atoms with Crippen LogP contribution in [0.25, 0.3) is 38.6 Å². The van der Waals surface area contributed by atoms with E-state index in [0.29, 0.717) is 11.2 Å². The quantitative estimate of drug-likeness (QED) is 0.224. The fraction of sp³-hybridized carbons (Fsp3) is 0.0750. The van der Waals surface area contributed by atoms with E-state index in [-0.39, 0.29) is 6.04 Å². The molecule has 0 radical (unpaired) electrons. The molecule has 6 aromatic rings. The number of aromatic nitrogens is 1. The Hall–Kier alpha value is -5.06. The van der Waals surface area contributed by atoms with Crippen LogP contribution in [0.1, 0.15) is 28.7 Å². The van der Waals surface area contributed by atoms with Crippen LogP contribution in [0.15, 0.2) is 162 Å². The molecule has 3 unspecified atom stereocenters. The van der Waals surface area contributed by atoms with Gasteiger partial charge in [-0.15, -0.1) is 11.8 Å². The third kappa shape index (κ3) is 4.17. The first-order valence-electron chi connectivity index (χ1n) is 15.2. The Morgan fingerprint density at radius 1 is 0.636 bits per heavy atom. The second-order valence-electron chi connectivity index (χ2n) is 11.6. The Labute approximate surface area is 261 Å². The molecule has 0 saturated carbocycles. The molecule has 3 aliphatic rings. The van der Waals surface area contributed by atoms with Gasteiger partial charge >= 0.3 is 0 Å². The van der Waals surface area contributed by atoms with Gasteiger partial charge in [-0.25, -0.2) is 4.99 Å². The predicted molar refractivity (Wildman–Crippen MR) is 185 cm³/mol. The van der Waals surface area contributed by atoms with Crippen LogP contribution in [0.4, 0.5) is 0 Å². The zero-order chi connectivity index (χ0) is 29.0. The van der Waals surface area contributed by atoms with Gasteiger partial charge in [0, 0.05) is 44.3 Å². The zero-order valence-corrected chi connectivity index (χ0v) is 24.8. The monoisotopic (exact) mass is 583 g/mol. The maximum absolute atomic E-state index is 4.72. The number of fused-ring (bicyclic) bond motifs is 6. The van der Waals surface area contributed by atoms with Gasteiger partial charge in [-0.1, -0.05) is 97.1 Å². The normalized spacial score (nSPS) is 20.0. The fourth-order valence-electron chi connectivity index (χ4n) is 6.89. The third-order valence-electron chi connectivity index (χ3n) is 9.03. The minimum Gasteiger partial charge on any atom is -0.359 e. The van der Waals surface area contributed by atoms with Crippen molar-refractivity contribution in [3.8, 4) is 16.8 Å². The first kappa shape index (κ1) is 25.4. The summed E-state index contributed by atoms with van der Waals surface area (Å²) in [6, 6.07) is 42.0. The number of nitrogens with one attached hydrogen (secondary N) is 1. The SMILES string of the molecule is C1=CC2Sc3ccc(-c4ccc5c(c4)c4ccccc4n5-c4cccc(C5=NC=CC(c6ccccc6)N5)c4)cc3C2C=C1. The van der Waals surface area contributed by atoms with Crippen LogP contribution in [0.5, 0.6) is 0 Å². The standard InChI is InChI=1S/C40H29N3S/c1-2-9-26(10-3-1)35-21-22-41-40(42-35)29-11-8-12-30(23-29)43-36-15-6-4-13-31(36)33-24-27(17-19-37(33)43)28-18-20-39-34(25-28)32-14-5-7-16-38(32)44-39/h1-25,32,35,38H,(H,41,42). The van der Waals surface area contributed by atoms with Crippen LogP contribution in [0, 0.1) is 0 Å². The van der Waals surface area contributed by atoms with Crippen molar-refractivity contribution in [3.05, 3.63) is 169 Å². The number of aliphatic imine (C=N–C) groups is 1. The first-order valence-corrected chi connectivity index (χ1v) is 16.0. The molecule has 4 heteroatoms. The fourth-order valence-corrected chi connectivity index (χ4v) is 8.22. The summed E-state index contributed by atoms with van der Waals surface area (Å²) in [6.07, 6.45) is 13.1.